The molecule has 1 aromatic rings. The molecule has 20 heavy (non-hydrogen) atoms. The Kier molecular flexibility index (Phi) is 3.23. The fraction of sp³-hybridized carbons (Fsp3) is 0.667. The van der Waals surface area contributed by atoms with E-state index in [1.54, 1.807) is 0 Å². The van der Waals surface area contributed by atoms with E-state index in [1.807, 2.05) is 0 Å². The van der Waals surface area contributed by atoms with Crippen LogP contribution in [-0.2, 0) is 6.54 Å². The van der Waals surface area contributed by atoms with Gasteiger partial charge in [0.25, 0.3) is 0 Å². The van der Waals surface area contributed by atoms with Gasteiger partial charge in [-0.25, -0.2) is 0 Å². The molecule has 0 N–H and O–H groups in total. The first-order valence-electron chi connectivity index (χ1n) is 8.06. The Morgan fingerprint density at radius 1 is 1.10 bits per heavy atom. The SMILES string of the molecule is CN(Cc1ccccc1)C12CC3CC(CC(C3)C1Br)C2. The predicted octanol–water partition coefficient (Wildman–Crippen LogP) is 4.46. The molecular formula is C18H24BrN. The van der Waals surface area contributed by atoms with Crippen LogP contribution in [0.2, 0.25) is 0 Å². The summed E-state index contributed by atoms with van der Waals surface area (Å²) in [5.74, 6) is 2.93. The number of halogens is 1. The third kappa shape index (κ3) is 1.99. The smallest absolute Gasteiger partial charge is 0.0358 e. The highest BCUT2D eigenvalue weighted by atomic mass is 79.9. The molecular weight excluding hydrogens is 310 g/mol. The van der Waals surface area contributed by atoms with Crippen molar-refractivity contribution in [3.63, 3.8) is 0 Å². The third-order valence-corrected chi connectivity index (χ3v) is 7.77. The molecule has 4 bridgehead atoms. The fourth-order valence-corrected chi connectivity index (χ4v) is 6.63. The number of hydrogen-bond acceptors (Lipinski definition) is 1. The van der Waals surface area contributed by atoms with Crippen LogP contribution in [0, 0.1) is 17.8 Å². The van der Waals surface area contributed by atoms with Crippen LogP contribution in [0.5, 0.6) is 0 Å². The molecule has 108 valence electrons. The molecule has 2 heteroatoms. The maximum atomic E-state index is 4.11. The van der Waals surface area contributed by atoms with Crippen LogP contribution in [0.3, 0.4) is 0 Å². The number of nitrogens with zero attached hydrogens (tertiary/aromatic N) is 1. The van der Waals surface area contributed by atoms with Crippen LogP contribution in [0.1, 0.15) is 37.7 Å². The van der Waals surface area contributed by atoms with Gasteiger partial charge in [0.15, 0.2) is 0 Å². The van der Waals surface area contributed by atoms with Gasteiger partial charge in [-0.2, -0.15) is 0 Å². The minimum Gasteiger partial charge on any atom is -0.295 e. The molecule has 1 nitrogen and oxygen atoms in total. The molecule has 0 amide bonds. The van der Waals surface area contributed by atoms with Gasteiger partial charge in [0.2, 0.25) is 0 Å². The van der Waals surface area contributed by atoms with Gasteiger partial charge in [-0.15, -0.1) is 0 Å². The van der Waals surface area contributed by atoms with Crippen molar-refractivity contribution in [1.82, 2.24) is 4.90 Å². The van der Waals surface area contributed by atoms with E-state index in [2.05, 4.69) is 58.2 Å². The van der Waals surface area contributed by atoms with E-state index in [0.29, 0.717) is 10.4 Å². The van der Waals surface area contributed by atoms with Gasteiger partial charge in [-0.1, -0.05) is 46.3 Å². The topological polar surface area (TPSA) is 3.24 Å². The first-order chi connectivity index (χ1) is 9.67. The van der Waals surface area contributed by atoms with E-state index in [4.69, 9.17) is 0 Å². The largest absolute Gasteiger partial charge is 0.295 e. The average Bonchev–Trinajstić information content (AvgIpc) is 2.44. The molecule has 0 radical (unpaired) electrons. The van der Waals surface area contributed by atoms with Crippen LogP contribution >= 0.6 is 15.9 Å². The highest BCUT2D eigenvalue weighted by Gasteiger charge is 2.57. The molecule has 0 heterocycles. The van der Waals surface area contributed by atoms with Crippen molar-refractivity contribution >= 4 is 15.9 Å². The van der Waals surface area contributed by atoms with Gasteiger partial charge in [0, 0.05) is 16.9 Å². The second kappa shape index (κ2) is 4.84. The van der Waals surface area contributed by atoms with Crippen molar-refractivity contribution < 1.29 is 0 Å². The summed E-state index contributed by atoms with van der Waals surface area (Å²) in [6.07, 6.45) is 7.30. The highest BCUT2D eigenvalue weighted by molar-refractivity contribution is 9.09. The van der Waals surface area contributed by atoms with Crippen LogP contribution < -0.4 is 0 Å². The summed E-state index contributed by atoms with van der Waals surface area (Å²) < 4.78 is 0. The molecule has 1 aromatic carbocycles. The van der Waals surface area contributed by atoms with E-state index in [0.717, 1.165) is 24.3 Å². The Labute approximate surface area is 130 Å². The fourth-order valence-electron chi connectivity index (χ4n) is 5.47. The molecule has 0 aliphatic heterocycles. The Bertz CT molecular complexity index is 471. The maximum Gasteiger partial charge on any atom is 0.0358 e. The summed E-state index contributed by atoms with van der Waals surface area (Å²) in [5, 5.41) is 0. The molecule has 4 aliphatic carbocycles. The molecule has 3 unspecified atom stereocenters. The summed E-state index contributed by atoms with van der Waals surface area (Å²) in [6, 6.07) is 11.0. The summed E-state index contributed by atoms with van der Waals surface area (Å²) in [5.41, 5.74) is 1.87. The lowest BCUT2D eigenvalue weighted by atomic mass is 9.52. The van der Waals surface area contributed by atoms with Crippen LogP contribution in [0.15, 0.2) is 30.3 Å². The van der Waals surface area contributed by atoms with Crippen molar-refractivity contribution in [1.29, 1.82) is 0 Å². The van der Waals surface area contributed by atoms with E-state index in [9.17, 15) is 0 Å². The number of alkyl halides is 1. The third-order valence-electron chi connectivity index (χ3n) is 6.17. The van der Waals surface area contributed by atoms with Gasteiger partial charge in [-0.3, -0.25) is 4.90 Å². The van der Waals surface area contributed by atoms with Gasteiger partial charge >= 0.3 is 0 Å². The van der Waals surface area contributed by atoms with Gasteiger partial charge in [0.1, 0.15) is 0 Å². The van der Waals surface area contributed by atoms with Crippen LogP contribution in [0.25, 0.3) is 0 Å². The molecule has 4 fully saturated rings. The Balaban J connectivity index is 1.59. The van der Waals surface area contributed by atoms with Crippen molar-refractivity contribution in [2.24, 2.45) is 17.8 Å². The summed E-state index contributed by atoms with van der Waals surface area (Å²) >= 11 is 4.11. The van der Waals surface area contributed by atoms with E-state index >= 15 is 0 Å². The minimum absolute atomic E-state index is 0.421. The van der Waals surface area contributed by atoms with E-state index in [1.165, 1.54) is 37.7 Å². The lowest BCUT2D eigenvalue weighted by molar-refractivity contribution is -0.0736. The molecule has 0 aromatic heterocycles. The van der Waals surface area contributed by atoms with E-state index < -0.39 is 0 Å². The van der Waals surface area contributed by atoms with Crippen LogP contribution in [-0.4, -0.2) is 22.3 Å². The lowest BCUT2D eigenvalue weighted by Gasteiger charge is -2.62. The normalized spacial score (nSPS) is 42.4. The van der Waals surface area contributed by atoms with Crippen molar-refractivity contribution in [3.8, 4) is 0 Å². The predicted molar refractivity (Wildman–Crippen MR) is 86.9 cm³/mol. The first-order valence-corrected chi connectivity index (χ1v) is 8.98. The number of hydrogen-bond donors (Lipinski definition) is 0. The maximum absolute atomic E-state index is 4.11. The highest BCUT2D eigenvalue weighted by Crippen LogP contribution is 2.59. The quantitative estimate of drug-likeness (QED) is 0.738. The number of benzene rings is 1. The standard InChI is InChI=1S/C18H24BrN/c1-20(12-13-5-3-2-4-6-13)18-10-14-7-15(11-18)9-16(8-14)17(18)19/h2-6,14-17H,7-12H2,1H3. The van der Waals surface area contributed by atoms with Crippen molar-refractivity contribution in [2.75, 3.05) is 7.05 Å². The van der Waals surface area contributed by atoms with Gasteiger partial charge in [0.05, 0.1) is 0 Å². The molecule has 4 aliphatic rings. The van der Waals surface area contributed by atoms with Crippen LogP contribution in [0.4, 0.5) is 0 Å². The molecule has 0 saturated heterocycles. The second-order valence-electron chi connectivity index (χ2n) is 7.45. The lowest BCUT2D eigenvalue weighted by Crippen LogP contribution is -2.65. The molecule has 4 saturated carbocycles. The van der Waals surface area contributed by atoms with Gasteiger partial charge in [-0.05, 0) is 62.5 Å². The average molecular weight is 334 g/mol. The molecule has 0 spiro atoms. The Morgan fingerprint density at radius 3 is 2.40 bits per heavy atom. The Morgan fingerprint density at radius 2 is 1.75 bits per heavy atom. The second-order valence-corrected chi connectivity index (χ2v) is 8.44. The molecule has 3 atom stereocenters. The zero-order valence-electron chi connectivity index (χ0n) is 12.3. The first kappa shape index (κ1) is 13.3. The summed E-state index contributed by atoms with van der Waals surface area (Å²) in [7, 11) is 2.36. The zero-order chi connectivity index (χ0) is 13.7. The zero-order valence-corrected chi connectivity index (χ0v) is 13.8. The van der Waals surface area contributed by atoms with Gasteiger partial charge < -0.3 is 0 Å². The minimum atomic E-state index is 0.421. The molecule has 5 rings (SSSR count). The number of rotatable bonds is 3. The van der Waals surface area contributed by atoms with E-state index in [-0.39, 0.29) is 0 Å². The van der Waals surface area contributed by atoms with Crippen molar-refractivity contribution in [2.45, 2.75) is 49.0 Å². The van der Waals surface area contributed by atoms with Crippen molar-refractivity contribution in [3.05, 3.63) is 35.9 Å². The summed E-state index contributed by atoms with van der Waals surface area (Å²) in [6.45, 7) is 1.09. The monoisotopic (exact) mass is 333 g/mol. The summed E-state index contributed by atoms with van der Waals surface area (Å²) in [4.78, 5) is 3.38. The Hall–Kier alpha value is -0.340.